The number of sulfonamides is 1. The number of hydrogen-bond acceptors (Lipinski definition) is 6. The first kappa shape index (κ1) is 27.7. The maximum Gasteiger partial charge on any atom is 0.252 e. The van der Waals surface area contributed by atoms with Gasteiger partial charge in [-0.05, 0) is 75.9 Å². The Bertz CT molecular complexity index is 1470. The fourth-order valence-electron chi connectivity index (χ4n) is 4.81. The quantitative estimate of drug-likeness (QED) is 0.403. The lowest BCUT2D eigenvalue weighted by Crippen LogP contribution is -2.41. The zero-order chi connectivity index (χ0) is 27.3. The molecule has 1 atom stereocenters. The second-order valence-electron chi connectivity index (χ2n) is 9.37. The molecule has 38 heavy (non-hydrogen) atoms. The summed E-state index contributed by atoms with van der Waals surface area (Å²) >= 11 is 0. The predicted molar refractivity (Wildman–Crippen MR) is 147 cm³/mol. The highest BCUT2D eigenvalue weighted by atomic mass is 32.2. The highest BCUT2D eigenvalue weighted by Gasteiger charge is 2.31. The molecule has 1 aliphatic heterocycles. The zero-order valence-electron chi connectivity index (χ0n) is 22.1. The standard InChI is InChI=1S/C28H35N3O6S/c1-4-36-25-12-9-20(16-26(25)37-5-2)13-14-29-28(33)23-18-27(32)30-24-11-10-21(17-22(23)24)38(34,35)31-15-7-6-8-19(31)3/h9-12,16-19H,4-8,13-15H2,1-3H3,(H,29,33)(H,30,32)/t19-/m1/s1. The van der Waals surface area contributed by atoms with E-state index in [1.54, 1.807) is 6.07 Å². The van der Waals surface area contributed by atoms with Gasteiger partial charge in [-0.3, -0.25) is 9.59 Å². The van der Waals surface area contributed by atoms with Crippen LogP contribution >= 0.6 is 0 Å². The molecule has 1 amide bonds. The van der Waals surface area contributed by atoms with E-state index in [0.717, 1.165) is 24.8 Å². The number of fused-ring (bicyclic) bond motifs is 1. The Kier molecular flexibility index (Phi) is 8.73. The van der Waals surface area contributed by atoms with Crippen LogP contribution < -0.4 is 20.3 Å². The fraction of sp³-hybridized carbons (Fsp3) is 0.429. The lowest BCUT2D eigenvalue weighted by atomic mass is 10.1. The third-order valence-electron chi connectivity index (χ3n) is 6.71. The molecule has 10 heteroatoms. The lowest BCUT2D eigenvalue weighted by molar-refractivity contribution is 0.0955. The maximum atomic E-state index is 13.4. The van der Waals surface area contributed by atoms with Crippen molar-refractivity contribution in [1.82, 2.24) is 14.6 Å². The van der Waals surface area contributed by atoms with Crippen LogP contribution in [0.5, 0.6) is 11.5 Å². The summed E-state index contributed by atoms with van der Waals surface area (Å²) in [5.41, 5.74) is 1.06. The normalized spacial score (nSPS) is 16.3. The average Bonchev–Trinajstić information content (AvgIpc) is 2.89. The molecule has 4 rings (SSSR count). The molecule has 0 saturated carbocycles. The van der Waals surface area contributed by atoms with Gasteiger partial charge in [0.15, 0.2) is 11.5 Å². The summed E-state index contributed by atoms with van der Waals surface area (Å²) in [6.07, 6.45) is 3.17. The van der Waals surface area contributed by atoms with Crippen LogP contribution in [-0.2, 0) is 16.4 Å². The fourth-order valence-corrected chi connectivity index (χ4v) is 6.54. The van der Waals surface area contributed by atoms with Gasteiger partial charge in [0.25, 0.3) is 5.91 Å². The monoisotopic (exact) mass is 541 g/mol. The second-order valence-corrected chi connectivity index (χ2v) is 11.3. The number of nitrogens with one attached hydrogen (secondary N) is 2. The topological polar surface area (TPSA) is 118 Å². The van der Waals surface area contributed by atoms with E-state index in [1.165, 1.54) is 22.5 Å². The van der Waals surface area contributed by atoms with Crippen molar-refractivity contribution in [3.8, 4) is 11.5 Å². The van der Waals surface area contributed by atoms with Gasteiger partial charge in [-0.1, -0.05) is 12.5 Å². The van der Waals surface area contributed by atoms with E-state index in [-0.39, 0.29) is 16.5 Å². The molecule has 2 N–H and O–H groups in total. The van der Waals surface area contributed by atoms with Gasteiger partial charge in [-0.25, -0.2) is 8.42 Å². The molecule has 2 heterocycles. The molecule has 1 saturated heterocycles. The van der Waals surface area contributed by atoms with Crippen molar-refractivity contribution in [2.75, 3.05) is 26.3 Å². The Balaban J connectivity index is 1.55. The Hall–Kier alpha value is -3.37. The molecule has 0 radical (unpaired) electrons. The number of nitrogens with zero attached hydrogens (tertiary/aromatic N) is 1. The molecule has 1 aliphatic rings. The van der Waals surface area contributed by atoms with E-state index in [4.69, 9.17) is 9.47 Å². The van der Waals surface area contributed by atoms with Crippen LogP contribution in [0.25, 0.3) is 10.9 Å². The van der Waals surface area contributed by atoms with E-state index in [0.29, 0.717) is 55.1 Å². The number of carbonyl (C=O) groups is 1. The van der Waals surface area contributed by atoms with Gasteiger partial charge in [0.1, 0.15) is 0 Å². The summed E-state index contributed by atoms with van der Waals surface area (Å²) in [6, 6.07) is 11.3. The molecule has 1 fully saturated rings. The number of benzene rings is 2. The van der Waals surface area contributed by atoms with Crippen molar-refractivity contribution < 1.29 is 22.7 Å². The van der Waals surface area contributed by atoms with Crippen LogP contribution in [-0.4, -0.2) is 56.0 Å². The van der Waals surface area contributed by atoms with E-state index in [1.807, 2.05) is 39.0 Å². The van der Waals surface area contributed by atoms with Crippen molar-refractivity contribution in [3.63, 3.8) is 0 Å². The molecular formula is C28H35N3O6S. The number of piperidine rings is 1. The maximum absolute atomic E-state index is 13.4. The summed E-state index contributed by atoms with van der Waals surface area (Å²) in [6.45, 7) is 7.54. The Morgan fingerprint density at radius 3 is 2.55 bits per heavy atom. The van der Waals surface area contributed by atoms with Gasteiger partial charge in [-0.2, -0.15) is 4.31 Å². The molecule has 0 aliphatic carbocycles. The highest BCUT2D eigenvalue weighted by Crippen LogP contribution is 2.29. The summed E-state index contributed by atoms with van der Waals surface area (Å²) in [4.78, 5) is 28.2. The minimum atomic E-state index is -3.74. The second kappa shape index (κ2) is 12.0. The summed E-state index contributed by atoms with van der Waals surface area (Å²) in [7, 11) is -3.74. The van der Waals surface area contributed by atoms with Crippen LogP contribution in [0.1, 0.15) is 56.0 Å². The van der Waals surface area contributed by atoms with E-state index in [9.17, 15) is 18.0 Å². The van der Waals surface area contributed by atoms with Crippen LogP contribution in [0.3, 0.4) is 0 Å². The van der Waals surface area contributed by atoms with Gasteiger partial charge in [0.2, 0.25) is 15.6 Å². The highest BCUT2D eigenvalue weighted by molar-refractivity contribution is 7.89. The zero-order valence-corrected chi connectivity index (χ0v) is 22.9. The summed E-state index contributed by atoms with van der Waals surface area (Å²) < 4.78 is 39.6. The van der Waals surface area contributed by atoms with Crippen molar-refractivity contribution in [3.05, 3.63) is 63.9 Å². The molecule has 1 aromatic heterocycles. The largest absolute Gasteiger partial charge is 0.490 e. The lowest BCUT2D eigenvalue weighted by Gasteiger charge is -2.32. The van der Waals surface area contributed by atoms with Crippen LogP contribution in [0.15, 0.2) is 52.2 Å². The number of H-pyrrole nitrogens is 1. The van der Waals surface area contributed by atoms with E-state index >= 15 is 0 Å². The van der Waals surface area contributed by atoms with Crippen molar-refractivity contribution >= 4 is 26.8 Å². The van der Waals surface area contributed by atoms with Gasteiger partial charge in [-0.15, -0.1) is 0 Å². The van der Waals surface area contributed by atoms with Gasteiger partial charge in [0.05, 0.1) is 23.7 Å². The number of rotatable bonds is 10. The van der Waals surface area contributed by atoms with Gasteiger partial charge >= 0.3 is 0 Å². The number of pyridine rings is 1. The first-order valence-electron chi connectivity index (χ1n) is 13.1. The first-order valence-corrected chi connectivity index (χ1v) is 14.5. The Labute approximate surface area is 223 Å². The third-order valence-corrected chi connectivity index (χ3v) is 8.72. The SMILES string of the molecule is CCOc1ccc(CCNC(=O)c2cc(=O)[nH]c3ccc(S(=O)(=O)N4CCCC[C@H]4C)cc23)cc1OCC. The Morgan fingerprint density at radius 2 is 1.82 bits per heavy atom. The Morgan fingerprint density at radius 1 is 1.05 bits per heavy atom. The summed E-state index contributed by atoms with van der Waals surface area (Å²) in [5.74, 6) is 0.871. The van der Waals surface area contributed by atoms with E-state index < -0.39 is 21.5 Å². The minimum Gasteiger partial charge on any atom is -0.490 e. The molecule has 0 spiro atoms. The summed E-state index contributed by atoms with van der Waals surface area (Å²) in [5, 5.41) is 3.25. The number of aromatic amines is 1. The molecular weight excluding hydrogens is 506 g/mol. The van der Waals surface area contributed by atoms with Crippen LogP contribution in [0.4, 0.5) is 0 Å². The molecule has 0 unspecified atom stereocenters. The number of amides is 1. The van der Waals surface area contributed by atoms with Crippen molar-refractivity contribution in [1.29, 1.82) is 0 Å². The molecule has 3 aromatic rings. The molecule has 9 nitrogen and oxygen atoms in total. The number of carbonyl (C=O) groups excluding carboxylic acids is 1. The predicted octanol–water partition coefficient (Wildman–Crippen LogP) is 3.86. The van der Waals surface area contributed by atoms with Crippen LogP contribution in [0.2, 0.25) is 0 Å². The third kappa shape index (κ3) is 6.02. The minimum absolute atomic E-state index is 0.0892. The molecule has 204 valence electrons. The van der Waals surface area contributed by atoms with E-state index in [2.05, 4.69) is 10.3 Å². The van der Waals surface area contributed by atoms with Crippen LogP contribution in [0, 0.1) is 0 Å². The smallest absolute Gasteiger partial charge is 0.252 e. The van der Waals surface area contributed by atoms with Gasteiger partial charge in [0, 0.05) is 36.1 Å². The van der Waals surface area contributed by atoms with Crippen molar-refractivity contribution in [2.24, 2.45) is 0 Å². The van der Waals surface area contributed by atoms with Crippen molar-refractivity contribution in [2.45, 2.75) is 57.4 Å². The molecule has 0 bridgehead atoms. The number of aromatic nitrogens is 1. The number of hydrogen-bond donors (Lipinski definition) is 2. The number of ether oxygens (including phenoxy) is 2. The first-order chi connectivity index (χ1) is 18.2. The average molecular weight is 542 g/mol. The van der Waals surface area contributed by atoms with Gasteiger partial charge < -0.3 is 19.8 Å². The molecule has 2 aromatic carbocycles.